The molecule has 1 aromatic heterocycles. The number of hydrogen-bond donors (Lipinski definition) is 2. The van der Waals surface area contributed by atoms with Gasteiger partial charge in [-0.25, -0.2) is 14.8 Å². The van der Waals surface area contributed by atoms with Crippen molar-refractivity contribution in [2.75, 3.05) is 19.5 Å². The van der Waals surface area contributed by atoms with Crippen LogP contribution >= 0.6 is 11.6 Å². The average molecular weight is 399 g/mol. The fraction of sp³-hybridized carbons (Fsp3) is 0.150. The van der Waals surface area contributed by atoms with Gasteiger partial charge in [-0.2, -0.15) is 0 Å². The standard InChI is InChI=1S/C20H19ClN4O3/c1-27-18-8-19(28-2)17(7-16(18)21)25-20(26)24-9-13-4-3-5-14(6-13)15-10-22-12-23-11-15/h3-8,10-12H,9H2,1-2H3,(H2,24,25,26). The average Bonchev–Trinajstić information content (AvgIpc) is 2.73. The van der Waals surface area contributed by atoms with E-state index in [9.17, 15) is 4.79 Å². The number of amides is 2. The molecule has 2 aromatic carbocycles. The summed E-state index contributed by atoms with van der Waals surface area (Å²) >= 11 is 6.13. The van der Waals surface area contributed by atoms with E-state index in [1.54, 1.807) is 24.5 Å². The van der Waals surface area contributed by atoms with Crippen LogP contribution in [0.1, 0.15) is 5.56 Å². The zero-order chi connectivity index (χ0) is 19.9. The molecule has 2 amide bonds. The number of carbonyl (C=O) groups is 1. The van der Waals surface area contributed by atoms with Gasteiger partial charge in [0.2, 0.25) is 0 Å². The minimum Gasteiger partial charge on any atom is -0.495 e. The number of nitrogens with zero attached hydrogens (tertiary/aromatic N) is 2. The van der Waals surface area contributed by atoms with E-state index in [0.29, 0.717) is 28.8 Å². The molecule has 0 aliphatic heterocycles. The molecule has 28 heavy (non-hydrogen) atoms. The molecule has 144 valence electrons. The highest BCUT2D eigenvalue weighted by molar-refractivity contribution is 6.32. The van der Waals surface area contributed by atoms with Crippen LogP contribution in [-0.4, -0.2) is 30.2 Å². The first-order valence-electron chi connectivity index (χ1n) is 8.41. The SMILES string of the molecule is COc1cc(OC)c(NC(=O)NCc2cccc(-c3cncnc3)c2)cc1Cl. The Kier molecular flexibility index (Phi) is 6.29. The summed E-state index contributed by atoms with van der Waals surface area (Å²) in [5.41, 5.74) is 3.27. The van der Waals surface area contributed by atoms with Crippen LogP contribution in [0, 0.1) is 0 Å². The predicted molar refractivity (Wildman–Crippen MR) is 108 cm³/mol. The van der Waals surface area contributed by atoms with E-state index in [1.807, 2.05) is 24.3 Å². The number of ether oxygens (including phenoxy) is 2. The summed E-state index contributed by atoms with van der Waals surface area (Å²) in [7, 11) is 3.01. The smallest absolute Gasteiger partial charge is 0.319 e. The maximum Gasteiger partial charge on any atom is 0.319 e. The van der Waals surface area contributed by atoms with E-state index in [1.165, 1.54) is 20.5 Å². The maximum absolute atomic E-state index is 12.3. The highest BCUT2D eigenvalue weighted by Crippen LogP contribution is 2.35. The summed E-state index contributed by atoms with van der Waals surface area (Å²) in [5.74, 6) is 0.911. The number of nitrogens with one attached hydrogen (secondary N) is 2. The van der Waals surface area contributed by atoms with Gasteiger partial charge in [-0.15, -0.1) is 0 Å². The van der Waals surface area contributed by atoms with Gasteiger partial charge < -0.3 is 20.1 Å². The van der Waals surface area contributed by atoms with E-state index in [0.717, 1.165) is 16.7 Å². The largest absolute Gasteiger partial charge is 0.495 e. The fourth-order valence-corrected chi connectivity index (χ4v) is 2.86. The summed E-state index contributed by atoms with van der Waals surface area (Å²) in [6, 6.07) is 10.6. The van der Waals surface area contributed by atoms with E-state index in [4.69, 9.17) is 21.1 Å². The second kappa shape index (κ2) is 9.05. The van der Waals surface area contributed by atoms with Crippen molar-refractivity contribution in [1.29, 1.82) is 0 Å². The predicted octanol–water partition coefficient (Wildman–Crippen LogP) is 4.14. The molecule has 3 rings (SSSR count). The Bertz CT molecular complexity index is 967. The van der Waals surface area contributed by atoms with Crippen molar-refractivity contribution in [3.63, 3.8) is 0 Å². The van der Waals surface area contributed by atoms with Crippen LogP contribution in [-0.2, 0) is 6.54 Å². The van der Waals surface area contributed by atoms with Gasteiger partial charge >= 0.3 is 6.03 Å². The summed E-state index contributed by atoms with van der Waals surface area (Å²) in [4.78, 5) is 20.4. The Labute approximate surface area is 167 Å². The first-order chi connectivity index (χ1) is 13.6. The van der Waals surface area contributed by atoms with Gasteiger partial charge in [-0.1, -0.05) is 29.8 Å². The molecule has 0 unspecified atom stereocenters. The third-order valence-electron chi connectivity index (χ3n) is 4.00. The molecule has 0 saturated heterocycles. The molecule has 0 bridgehead atoms. The van der Waals surface area contributed by atoms with Crippen molar-refractivity contribution in [2.45, 2.75) is 6.54 Å². The lowest BCUT2D eigenvalue weighted by atomic mass is 10.1. The summed E-state index contributed by atoms with van der Waals surface area (Å²) in [6.45, 7) is 0.347. The number of hydrogen-bond acceptors (Lipinski definition) is 5. The molecule has 3 aromatic rings. The lowest BCUT2D eigenvalue weighted by Crippen LogP contribution is -2.28. The number of anilines is 1. The Balaban J connectivity index is 1.66. The van der Waals surface area contributed by atoms with Crippen LogP contribution in [0.15, 0.2) is 55.1 Å². The number of rotatable bonds is 6. The third-order valence-corrected chi connectivity index (χ3v) is 4.29. The molecule has 0 saturated carbocycles. The van der Waals surface area contributed by atoms with Crippen molar-refractivity contribution in [2.24, 2.45) is 0 Å². The quantitative estimate of drug-likeness (QED) is 0.651. The number of carbonyl (C=O) groups excluding carboxylic acids is 1. The van der Waals surface area contributed by atoms with Crippen LogP contribution in [0.5, 0.6) is 11.5 Å². The van der Waals surface area contributed by atoms with Gasteiger partial charge in [0.15, 0.2) is 0 Å². The highest BCUT2D eigenvalue weighted by atomic mass is 35.5. The van der Waals surface area contributed by atoms with Crippen LogP contribution in [0.3, 0.4) is 0 Å². The van der Waals surface area contributed by atoms with Crippen molar-refractivity contribution in [3.8, 4) is 22.6 Å². The van der Waals surface area contributed by atoms with E-state index in [-0.39, 0.29) is 6.03 Å². The van der Waals surface area contributed by atoms with Crippen LogP contribution < -0.4 is 20.1 Å². The van der Waals surface area contributed by atoms with Gasteiger partial charge in [0.25, 0.3) is 0 Å². The summed E-state index contributed by atoms with van der Waals surface area (Å²) in [5, 5.41) is 5.92. The molecule has 8 heteroatoms. The zero-order valence-corrected chi connectivity index (χ0v) is 16.2. The lowest BCUT2D eigenvalue weighted by Gasteiger charge is -2.14. The molecule has 0 spiro atoms. The Morgan fingerprint density at radius 1 is 1.04 bits per heavy atom. The van der Waals surface area contributed by atoms with Crippen LogP contribution in [0.2, 0.25) is 5.02 Å². The van der Waals surface area contributed by atoms with E-state index in [2.05, 4.69) is 20.6 Å². The molecule has 0 atom stereocenters. The molecule has 2 N–H and O–H groups in total. The number of urea groups is 1. The Morgan fingerprint density at radius 3 is 2.50 bits per heavy atom. The van der Waals surface area contributed by atoms with Crippen LogP contribution in [0.4, 0.5) is 10.5 Å². The van der Waals surface area contributed by atoms with Gasteiger partial charge in [-0.3, -0.25) is 0 Å². The second-order valence-electron chi connectivity index (χ2n) is 5.82. The molecule has 0 aliphatic carbocycles. The van der Waals surface area contributed by atoms with Crippen molar-refractivity contribution in [3.05, 3.63) is 65.7 Å². The fourth-order valence-electron chi connectivity index (χ4n) is 2.62. The van der Waals surface area contributed by atoms with E-state index < -0.39 is 0 Å². The minimum atomic E-state index is -0.381. The first-order valence-corrected chi connectivity index (χ1v) is 8.79. The Hall–Kier alpha value is -3.32. The van der Waals surface area contributed by atoms with Crippen molar-refractivity contribution >= 4 is 23.3 Å². The summed E-state index contributed by atoms with van der Waals surface area (Å²) < 4.78 is 10.4. The lowest BCUT2D eigenvalue weighted by molar-refractivity contribution is 0.251. The highest BCUT2D eigenvalue weighted by Gasteiger charge is 2.12. The normalized spacial score (nSPS) is 10.2. The molecule has 0 radical (unpaired) electrons. The number of aromatic nitrogens is 2. The summed E-state index contributed by atoms with van der Waals surface area (Å²) in [6.07, 6.45) is 4.97. The topological polar surface area (TPSA) is 85.4 Å². The number of methoxy groups -OCH3 is 2. The van der Waals surface area contributed by atoms with Crippen LogP contribution in [0.25, 0.3) is 11.1 Å². The maximum atomic E-state index is 12.3. The molecule has 1 heterocycles. The van der Waals surface area contributed by atoms with Crippen molar-refractivity contribution in [1.82, 2.24) is 15.3 Å². The van der Waals surface area contributed by atoms with E-state index >= 15 is 0 Å². The molecule has 0 fully saturated rings. The van der Waals surface area contributed by atoms with Gasteiger partial charge in [0.1, 0.15) is 17.8 Å². The minimum absolute atomic E-state index is 0.347. The first kappa shape index (κ1) is 19.4. The number of halogens is 1. The monoisotopic (exact) mass is 398 g/mol. The Morgan fingerprint density at radius 2 is 1.79 bits per heavy atom. The third kappa shape index (κ3) is 4.69. The molecular weight excluding hydrogens is 380 g/mol. The van der Waals surface area contributed by atoms with Crippen molar-refractivity contribution < 1.29 is 14.3 Å². The van der Waals surface area contributed by atoms with Gasteiger partial charge in [-0.05, 0) is 23.3 Å². The number of benzene rings is 2. The second-order valence-corrected chi connectivity index (χ2v) is 6.23. The van der Waals surface area contributed by atoms with Gasteiger partial charge in [0.05, 0.1) is 24.9 Å². The molecule has 7 nitrogen and oxygen atoms in total. The zero-order valence-electron chi connectivity index (χ0n) is 15.4. The molecule has 0 aliphatic rings. The van der Waals surface area contributed by atoms with Gasteiger partial charge in [0, 0.05) is 30.6 Å². The molecular formula is C20H19ClN4O3.